The number of ether oxygens (including phenoxy) is 1. The Balaban J connectivity index is 1.40. The van der Waals surface area contributed by atoms with Crippen LogP contribution in [0.2, 0.25) is 36.3 Å². The maximum absolute atomic E-state index is 7.47. The summed E-state index contributed by atoms with van der Waals surface area (Å²) in [6, 6.07) is 20.7. The molecule has 5 aromatic rings. The highest BCUT2D eigenvalue weighted by Gasteiger charge is 2.54. The molecule has 290 valence electrons. The molecule has 0 spiro atoms. The van der Waals surface area contributed by atoms with Gasteiger partial charge in [-0.3, -0.25) is 0 Å². The third kappa shape index (κ3) is 8.57. The molecule has 6 rings (SSSR count). The van der Waals surface area contributed by atoms with Gasteiger partial charge in [-0.15, -0.1) is 11.8 Å². The van der Waals surface area contributed by atoms with Crippen molar-refractivity contribution in [1.29, 1.82) is 0 Å². The lowest BCUT2D eigenvalue weighted by Gasteiger charge is -2.44. The summed E-state index contributed by atoms with van der Waals surface area (Å²) in [6.45, 7) is 25.0. The molecule has 4 heterocycles. The Kier molecular flexibility index (Phi) is 12.0. The molecule has 0 amide bonds. The smallest absolute Gasteiger partial charge is 0.192 e. The van der Waals surface area contributed by atoms with E-state index in [2.05, 4.69) is 125 Å². The minimum atomic E-state index is -2.34. The average Bonchev–Trinajstić information content (AvgIpc) is 3.77. The van der Waals surface area contributed by atoms with Crippen molar-refractivity contribution in [3.63, 3.8) is 0 Å². The Morgan fingerprint density at radius 2 is 1.44 bits per heavy atom. The molecule has 1 aliphatic rings. The Labute approximate surface area is 331 Å². The van der Waals surface area contributed by atoms with Crippen LogP contribution >= 0.6 is 23.5 Å². The maximum atomic E-state index is 7.47. The molecular weight excluding hydrogens is 747 g/mol. The molecule has 2 aromatic carbocycles. The van der Waals surface area contributed by atoms with Crippen LogP contribution in [0, 0.1) is 6.92 Å². The number of fused-ring (bicyclic) bond motifs is 1. The van der Waals surface area contributed by atoms with E-state index in [-0.39, 0.29) is 28.4 Å². The first kappa shape index (κ1) is 40.7. The van der Waals surface area contributed by atoms with Gasteiger partial charge in [-0.1, -0.05) is 107 Å². The van der Waals surface area contributed by atoms with Crippen LogP contribution in [-0.2, 0) is 25.1 Å². The highest BCUT2D eigenvalue weighted by atomic mass is 32.2. The number of benzene rings is 2. The Bertz CT molecular complexity index is 2030. The Morgan fingerprint density at radius 1 is 0.833 bits per heavy atom. The standard InChI is InChI=1S/C41H57N5O4S2Si2/c1-27-30(34(48-45-27)29-20-16-13-17-21-29)24-51-25-31-35(49-53(8,9)40(2,3)4)36(50-54(10,11)41(5,6)7)39(47-31)46-22-32(33-37(42)43-26-44-38(33)46)52-23-28-18-14-12-15-19-28/h12-22,26,31,35-36,39H,23-25H2,1-11H3,(H2,42,43,44)/t31-,35-,36-,39-/m1/s1. The van der Waals surface area contributed by atoms with E-state index < -0.39 is 22.9 Å². The molecule has 0 saturated carbocycles. The van der Waals surface area contributed by atoms with E-state index in [1.54, 1.807) is 18.1 Å². The van der Waals surface area contributed by atoms with E-state index in [1.807, 2.05) is 43.0 Å². The Morgan fingerprint density at radius 3 is 2.07 bits per heavy atom. The lowest BCUT2D eigenvalue weighted by atomic mass is 10.1. The summed E-state index contributed by atoms with van der Waals surface area (Å²) in [7, 11) is -4.65. The summed E-state index contributed by atoms with van der Waals surface area (Å²) >= 11 is 3.55. The van der Waals surface area contributed by atoms with Crippen LogP contribution in [0.15, 0.2) is 82.6 Å². The van der Waals surface area contributed by atoms with E-state index >= 15 is 0 Å². The summed E-state index contributed by atoms with van der Waals surface area (Å²) in [6.07, 6.45) is 2.22. The molecule has 4 atom stereocenters. The van der Waals surface area contributed by atoms with E-state index in [4.69, 9.17) is 28.8 Å². The first-order chi connectivity index (χ1) is 25.4. The van der Waals surface area contributed by atoms with E-state index in [1.165, 1.54) is 5.56 Å². The van der Waals surface area contributed by atoms with Crippen molar-refractivity contribution in [2.75, 3.05) is 11.5 Å². The summed E-state index contributed by atoms with van der Waals surface area (Å²) in [5.74, 6) is 3.47. The molecule has 13 heteroatoms. The SMILES string of the molecule is Cc1noc(-c2ccccc2)c1CSC[C@H]1O[C@@H](n2cc(SCc3ccccc3)c3c(N)ncnc32)[C@H](O[Si](C)(C)C(C)(C)C)[C@@H]1O[Si](C)(C)C(C)(C)C. The minimum absolute atomic E-state index is 0.0163. The number of anilines is 1. The van der Waals surface area contributed by atoms with E-state index in [9.17, 15) is 0 Å². The number of aromatic nitrogens is 4. The molecule has 0 bridgehead atoms. The summed E-state index contributed by atoms with van der Waals surface area (Å²) in [5, 5.41) is 5.14. The van der Waals surface area contributed by atoms with Crippen LogP contribution in [0.4, 0.5) is 5.82 Å². The Hall–Kier alpha value is -2.92. The number of nitrogens with zero attached hydrogens (tertiary/aromatic N) is 4. The number of hydrogen-bond acceptors (Lipinski definition) is 10. The predicted octanol–water partition coefficient (Wildman–Crippen LogP) is 10.9. The van der Waals surface area contributed by atoms with Crippen molar-refractivity contribution in [2.45, 2.75) is 126 Å². The largest absolute Gasteiger partial charge is 0.408 e. The number of thioether (sulfide) groups is 2. The number of hydrogen-bond donors (Lipinski definition) is 1. The van der Waals surface area contributed by atoms with Gasteiger partial charge in [0, 0.05) is 39.5 Å². The van der Waals surface area contributed by atoms with E-state index in [0.717, 1.165) is 50.0 Å². The first-order valence-electron chi connectivity index (χ1n) is 18.7. The van der Waals surface area contributed by atoms with Crippen LogP contribution in [-0.4, -0.2) is 60.4 Å². The molecule has 0 unspecified atom stereocenters. The van der Waals surface area contributed by atoms with Gasteiger partial charge in [0.15, 0.2) is 28.6 Å². The maximum Gasteiger partial charge on any atom is 0.192 e. The van der Waals surface area contributed by atoms with Crippen molar-refractivity contribution in [2.24, 2.45) is 0 Å². The lowest BCUT2D eigenvalue weighted by Crippen LogP contribution is -2.53. The fourth-order valence-electron chi connectivity index (χ4n) is 6.13. The predicted molar refractivity (Wildman–Crippen MR) is 229 cm³/mol. The molecule has 0 radical (unpaired) electrons. The molecule has 1 aliphatic heterocycles. The zero-order chi connectivity index (χ0) is 39.1. The van der Waals surface area contributed by atoms with Crippen LogP contribution in [0.25, 0.3) is 22.4 Å². The molecule has 3 aromatic heterocycles. The van der Waals surface area contributed by atoms with Crippen LogP contribution in [0.1, 0.15) is 64.6 Å². The zero-order valence-corrected chi connectivity index (χ0v) is 37.3. The first-order valence-corrected chi connectivity index (χ1v) is 26.7. The summed E-state index contributed by atoms with van der Waals surface area (Å²) < 4.78 is 30.2. The van der Waals surface area contributed by atoms with Gasteiger partial charge >= 0.3 is 0 Å². The van der Waals surface area contributed by atoms with Crippen LogP contribution in [0.5, 0.6) is 0 Å². The van der Waals surface area contributed by atoms with Crippen molar-refractivity contribution < 1.29 is 18.1 Å². The molecule has 9 nitrogen and oxygen atoms in total. The van der Waals surface area contributed by atoms with Crippen molar-refractivity contribution >= 4 is 57.0 Å². The number of rotatable bonds is 13. The van der Waals surface area contributed by atoms with Gasteiger partial charge in [0.25, 0.3) is 0 Å². The van der Waals surface area contributed by atoms with Crippen molar-refractivity contribution in [3.8, 4) is 11.3 Å². The highest BCUT2D eigenvalue weighted by molar-refractivity contribution is 7.98. The molecule has 1 saturated heterocycles. The van der Waals surface area contributed by atoms with Gasteiger partial charge in [-0.25, -0.2) is 9.97 Å². The summed E-state index contributed by atoms with van der Waals surface area (Å²) in [5.41, 5.74) is 11.6. The second-order valence-corrected chi connectivity index (χ2v) is 28.9. The molecule has 0 aliphatic carbocycles. The van der Waals surface area contributed by atoms with Gasteiger partial charge in [0.2, 0.25) is 0 Å². The molecule has 1 fully saturated rings. The lowest BCUT2D eigenvalue weighted by molar-refractivity contribution is -0.0246. The van der Waals surface area contributed by atoms with Gasteiger partial charge in [0.1, 0.15) is 30.0 Å². The fourth-order valence-corrected chi connectivity index (χ4v) is 10.9. The van der Waals surface area contributed by atoms with Crippen LogP contribution < -0.4 is 5.73 Å². The van der Waals surface area contributed by atoms with Crippen LogP contribution in [0.3, 0.4) is 0 Å². The molecular formula is C41H57N5O4S2Si2. The second-order valence-electron chi connectivity index (χ2n) is 17.3. The molecule has 2 N–H and O–H groups in total. The minimum Gasteiger partial charge on any atom is -0.408 e. The van der Waals surface area contributed by atoms with Gasteiger partial charge in [-0.05, 0) is 48.8 Å². The van der Waals surface area contributed by atoms with Crippen molar-refractivity contribution in [3.05, 3.63) is 90.0 Å². The fraction of sp³-hybridized carbons (Fsp3) is 0.488. The average molecular weight is 804 g/mol. The quantitative estimate of drug-likeness (QED) is 0.0912. The number of nitrogens with two attached hydrogens (primary N) is 1. The zero-order valence-electron chi connectivity index (χ0n) is 33.7. The third-order valence-corrected chi connectivity index (χ3v) is 22.5. The number of nitrogen functional groups attached to an aromatic ring is 1. The highest BCUT2D eigenvalue weighted by Crippen LogP contribution is 2.48. The van der Waals surface area contributed by atoms with Gasteiger partial charge in [0.05, 0.1) is 17.2 Å². The van der Waals surface area contributed by atoms with E-state index in [0.29, 0.717) is 11.6 Å². The van der Waals surface area contributed by atoms with Gasteiger partial charge < -0.3 is 28.4 Å². The third-order valence-electron chi connectivity index (χ3n) is 11.4. The monoisotopic (exact) mass is 803 g/mol. The topological polar surface area (TPSA) is 110 Å². The second kappa shape index (κ2) is 15.9. The van der Waals surface area contributed by atoms with Gasteiger partial charge in [-0.2, -0.15) is 11.8 Å². The summed E-state index contributed by atoms with van der Waals surface area (Å²) in [4.78, 5) is 10.3. The normalized spacial score (nSPS) is 19.9. The molecule has 54 heavy (non-hydrogen) atoms. The van der Waals surface area contributed by atoms with Crippen molar-refractivity contribution in [1.82, 2.24) is 19.7 Å². The number of aryl methyl sites for hydroxylation is 1.